The van der Waals surface area contributed by atoms with E-state index in [9.17, 15) is 0 Å². The molecule has 4 heteroatoms. The summed E-state index contributed by atoms with van der Waals surface area (Å²) >= 11 is 11.0. The second kappa shape index (κ2) is 7.66. The van der Waals surface area contributed by atoms with Crippen LogP contribution in [-0.2, 0) is 6.54 Å². The van der Waals surface area contributed by atoms with Crippen molar-refractivity contribution in [1.82, 2.24) is 5.32 Å². The number of halogens is 2. The minimum Gasteiger partial charge on any atom is -0.312 e. The van der Waals surface area contributed by atoms with E-state index in [4.69, 9.17) is 11.6 Å². The van der Waals surface area contributed by atoms with Gasteiger partial charge in [-0.15, -0.1) is 22.9 Å². The lowest BCUT2D eigenvalue weighted by Crippen LogP contribution is -2.14. The van der Waals surface area contributed by atoms with Crippen molar-refractivity contribution < 1.29 is 0 Å². The molecule has 1 N–H and O–H groups in total. The van der Waals surface area contributed by atoms with Gasteiger partial charge < -0.3 is 5.32 Å². The summed E-state index contributed by atoms with van der Waals surface area (Å²) in [5.41, 5.74) is 0. The summed E-state index contributed by atoms with van der Waals surface area (Å²) in [5.74, 6) is 1.42. The number of hydrogen-bond acceptors (Lipinski definition) is 2. The Morgan fingerprint density at radius 1 is 1.53 bits per heavy atom. The molecular formula is C11H17BrClNS. The van der Waals surface area contributed by atoms with E-state index < -0.39 is 0 Å². The molecule has 0 aliphatic rings. The maximum Gasteiger partial charge on any atom is 0.0701 e. The summed E-state index contributed by atoms with van der Waals surface area (Å²) < 4.78 is 1.20. The highest BCUT2D eigenvalue weighted by molar-refractivity contribution is 9.11. The topological polar surface area (TPSA) is 12.0 Å². The summed E-state index contributed by atoms with van der Waals surface area (Å²) in [4.78, 5) is 1.38. The molecule has 0 fully saturated rings. The average Bonchev–Trinajstić information content (AvgIpc) is 2.63. The molecule has 0 radical (unpaired) electrons. The lowest BCUT2D eigenvalue weighted by atomic mass is 10.1. The SMILES string of the molecule is CC(CCl)CCCNCc1ccc(Br)s1. The van der Waals surface area contributed by atoms with Crippen molar-refractivity contribution in [3.05, 3.63) is 20.8 Å². The predicted molar refractivity (Wildman–Crippen MR) is 72.8 cm³/mol. The van der Waals surface area contributed by atoms with Crippen molar-refractivity contribution in [2.45, 2.75) is 26.3 Å². The molecule has 1 rings (SSSR count). The Hall–Kier alpha value is 0.430. The van der Waals surface area contributed by atoms with Crippen LogP contribution in [0.25, 0.3) is 0 Å². The summed E-state index contributed by atoms with van der Waals surface area (Å²) in [6.45, 7) is 4.26. The monoisotopic (exact) mass is 309 g/mol. The Kier molecular flexibility index (Phi) is 6.89. The Morgan fingerprint density at radius 2 is 2.33 bits per heavy atom. The molecule has 0 amide bonds. The smallest absolute Gasteiger partial charge is 0.0701 e. The largest absolute Gasteiger partial charge is 0.312 e. The van der Waals surface area contributed by atoms with Crippen LogP contribution in [-0.4, -0.2) is 12.4 Å². The van der Waals surface area contributed by atoms with E-state index in [2.05, 4.69) is 40.3 Å². The number of nitrogens with one attached hydrogen (secondary N) is 1. The van der Waals surface area contributed by atoms with Crippen molar-refractivity contribution in [3.8, 4) is 0 Å². The van der Waals surface area contributed by atoms with Crippen molar-refractivity contribution in [3.63, 3.8) is 0 Å². The normalized spacial score (nSPS) is 13.0. The third-order valence-electron chi connectivity index (χ3n) is 2.24. The van der Waals surface area contributed by atoms with Crippen LogP contribution in [0.5, 0.6) is 0 Å². The van der Waals surface area contributed by atoms with Crippen LogP contribution in [0.2, 0.25) is 0 Å². The van der Waals surface area contributed by atoms with Crippen molar-refractivity contribution >= 4 is 38.9 Å². The standard InChI is InChI=1S/C11H17BrClNS/c1-9(7-13)3-2-6-14-8-10-4-5-11(12)15-10/h4-5,9,14H,2-3,6-8H2,1H3. The maximum atomic E-state index is 5.74. The van der Waals surface area contributed by atoms with E-state index in [0.29, 0.717) is 5.92 Å². The highest BCUT2D eigenvalue weighted by Gasteiger charge is 2.00. The van der Waals surface area contributed by atoms with Gasteiger partial charge in [0.15, 0.2) is 0 Å². The van der Waals surface area contributed by atoms with Gasteiger partial charge >= 0.3 is 0 Å². The molecule has 1 heterocycles. The number of thiophene rings is 1. The van der Waals surface area contributed by atoms with Gasteiger partial charge in [-0.3, -0.25) is 0 Å². The fourth-order valence-corrected chi connectivity index (χ4v) is 2.92. The van der Waals surface area contributed by atoms with Gasteiger partial charge in [0.25, 0.3) is 0 Å². The van der Waals surface area contributed by atoms with Gasteiger partial charge in [-0.2, -0.15) is 0 Å². The van der Waals surface area contributed by atoms with Gasteiger partial charge in [-0.25, -0.2) is 0 Å². The number of hydrogen-bond donors (Lipinski definition) is 1. The molecule has 1 atom stereocenters. The van der Waals surface area contributed by atoms with Crippen molar-refractivity contribution in [2.75, 3.05) is 12.4 Å². The Morgan fingerprint density at radius 3 is 2.93 bits per heavy atom. The lowest BCUT2D eigenvalue weighted by Gasteiger charge is -2.07. The first-order valence-electron chi connectivity index (χ1n) is 5.23. The molecule has 1 aromatic heterocycles. The van der Waals surface area contributed by atoms with E-state index in [0.717, 1.165) is 19.0 Å². The summed E-state index contributed by atoms with van der Waals surface area (Å²) in [5, 5.41) is 3.44. The minimum atomic E-state index is 0.643. The molecule has 0 spiro atoms. The van der Waals surface area contributed by atoms with Crippen molar-refractivity contribution in [1.29, 1.82) is 0 Å². The molecule has 1 aromatic rings. The van der Waals surface area contributed by atoms with Crippen LogP contribution in [0.4, 0.5) is 0 Å². The molecule has 86 valence electrons. The van der Waals surface area contributed by atoms with Gasteiger partial charge in [-0.1, -0.05) is 6.92 Å². The zero-order chi connectivity index (χ0) is 11.1. The zero-order valence-corrected chi connectivity index (χ0v) is 12.1. The van der Waals surface area contributed by atoms with E-state index >= 15 is 0 Å². The van der Waals surface area contributed by atoms with E-state index in [1.165, 1.54) is 21.5 Å². The van der Waals surface area contributed by atoms with Gasteiger partial charge in [0.1, 0.15) is 0 Å². The molecule has 1 unspecified atom stereocenters. The van der Waals surface area contributed by atoms with Crippen LogP contribution in [0.15, 0.2) is 15.9 Å². The van der Waals surface area contributed by atoms with Gasteiger partial charge in [0.05, 0.1) is 3.79 Å². The fraction of sp³-hybridized carbons (Fsp3) is 0.636. The predicted octanol–water partition coefficient (Wildman–Crippen LogP) is 4.26. The molecule has 0 saturated carbocycles. The van der Waals surface area contributed by atoms with Gasteiger partial charge in [0.2, 0.25) is 0 Å². The molecule has 1 nitrogen and oxygen atoms in total. The average molecular weight is 311 g/mol. The fourth-order valence-electron chi connectivity index (χ4n) is 1.31. The molecular weight excluding hydrogens is 294 g/mol. The van der Waals surface area contributed by atoms with Gasteiger partial charge in [0, 0.05) is 17.3 Å². The van der Waals surface area contributed by atoms with E-state index in [1.807, 2.05) is 0 Å². The maximum absolute atomic E-state index is 5.74. The van der Waals surface area contributed by atoms with Crippen LogP contribution in [0, 0.1) is 5.92 Å². The Bertz CT molecular complexity index is 277. The highest BCUT2D eigenvalue weighted by atomic mass is 79.9. The summed E-state index contributed by atoms with van der Waals surface area (Å²) in [7, 11) is 0. The lowest BCUT2D eigenvalue weighted by molar-refractivity contribution is 0.532. The molecule has 0 aromatic carbocycles. The third-order valence-corrected chi connectivity index (χ3v) is 4.39. The first-order chi connectivity index (χ1) is 7.22. The Labute approximate surface area is 109 Å². The molecule has 0 bridgehead atoms. The molecule has 0 saturated heterocycles. The second-order valence-electron chi connectivity index (χ2n) is 3.78. The van der Waals surface area contributed by atoms with Crippen molar-refractivity contribution in [2.24, 2.45) is 5.92 Å². The summed E-state index contributed by atoms with van der Waals surface area (Å²) in [6, 6.07) is 4.25. The summed E-state index contributed by atoms with van der Waals surface area (Å²) in [6.07, 6.45) is 2.42. The van der Waals surface area contributed by atoms with Gasteiger partial charge in [-0.05, 0) is 53.4 Å². The molecule has 0 aliphatic carbocycles. The first-order valence-corrected chi connectivity index (χ1v) is 7.37. The minimum absolute atomic E-state index is 0.643. The molecule has 0 aliphatic heterocycles. The van der Waals surface area contributed by atoms with E-state index in [-0.39, 0.29) is 0 Å². The van der Waals surface area contributed by atoms with Crippen LogP contribution in [0.3, 0.4) is 0 Å². The quantitative estimate of drug-likeness (QED) is 0.586. The second-order valence-corrected chi connectivity index (χ2v) is 6.64. The Balaban J connectivity index is 2.02. The van der Waals surface area contributed by atoms with Crippen LogP contribution < -0.4 is 5.32 Å². The number of rotatable bonds is 7. The molecule has 15 heavy (non-hydrogen) atoms. The third kappa shape index (κ3) is 5.91. The zero-order valence-electron chi connectivity index (χ0n) is 8.93. The first kappa shape index (κ1) is 13.5. The number of alkyl halides is 1. The van der Waals surface area contributed by atoms with Crippen LogP contribution >= 0.6 is 38.9 Å². The van der Waals surface area contributed by atoms with Crippen LogP contribution in [0.1, 0.15) is 24.6 Å². The highest BCUT2D eigenvalue weighted by Crippen LogP contribution is 2.21. The van der Waals surface area contributed by atoms with E-state index in [1.54, 1.807) is 11.3 Å².